The van der Waals surface area contributed by atoms with E-state index in [1.807, 2.05) is 27.7 Å². The third kappa shape index (κ3) is 3.18. The second-order valence-electron chi connectivity index (χ2n) is 5.31. The fourth-order valence-corrected chi connectivity index (χ4v) is 1.47. The fourth-order valence-electron chi connectivity index (χ4n) is 1.47. The molecule has 1 rings (SSSR count). The van der Waals surface area contributed by atoms with Gasteiger partial charge in [0, 0.05) is 18.6 Å². The molecule has 0 unspecified atom stereocenters. The Bertz CT molecular complexity index is 231. The molecule has 0 radical (unpaired) electrons. The van der Waals surface area contributed by atoms with Crippen LogP contribution in [0.5, 0.6) is 0 Å². The van der Waals surface area contributed by atoms with Crippen molar-refractivity contribution in [1.29, 1.82) is 0 Å². The Morgan fingerprint density at radius 2 is 2.07 bits per heavy atom. The third-order valence-electron chi connectivity index (χ3n) is 2.16. The van der Waals surface area contributed by atoms with Crippen molar-refractivity contribution >= 4 is 6.09 Å². The lowest BCUT2D eigenvalue weighted by atomic mass is 10.0. The molecule has 1 fully saturated rings. The van der Waals surface area contributed by atoms with Crippen molar-refractivity contribution in [3.05, 3.63) is 0 Å². The number of ether oxygens (including phenoxy) is 1. The van der Waals surface area contributed by atoms with Crippen LogP contribution in [-0.2, 0) is 4.74 Å². The number of likely N-dealkylation sites (tertiary alicyclic amines) is 1. The molecular formula is C10H20N2O2. The standard InChI is InChI=1S/C10H20N2O2/c1-9(2,3)14-8(13)12-6-5-10(4,11)7-12/h5-7,11H2,1-4H3/t10-/m1/s1. The normalized spacial score (nSPS) is 27.9. The topological polar surface area (TPSA) is 55.6 Å². The van der Waals surface area contributed by atoms with Crippen molar-refractivity contribution in [1.82, 2.24) is 4.90 Å². The quantitative estimate of drug-likeness (QED) is 0.642. The molecule has 0 aromatic rings. The molecular weight excluding hydrogens is 180 g/mol. The molecule has 14 heavy (non-hydrogen) atoms. The van der Waals surface area contributed by atoms with Crippen molar-refractivity contribution in [2.45, 2.75) is 45.3 Å². The molecule has 1 heterocycles. The number of hydrogen-bond donors (Lipinski definition) is 1. The van der Waals surface area contributed by atoms with Crippen molar-refractivity contribution in [3.63, 3.8) is 0 Å². The number of rotatable bonds is 0. The number of hydrogen-bond acceptors (Lipinski definition) is 3. The molecule has 1 aliphatic heterocycles. The summed E-state index contributed by atoms with van der Waals surface area (Å²) in [7, 11) is 0. The molecule has 1 saturated heterocycles. The monoisotopic (exact) mass is 200 g/mol. The Morgan fingerprint density at radius 3 is 2.43 bits per heavy atom. The van der Waals surface area contributed by atoms with E-state index in [2.05, 4.69) is 0 Å². The fraction of sp³-hybridized carbons (Fsp3) is 0.900. The summed E-state index contributed by atoms with van der Waals surface area (Å²) in [5.41, 5.74) is 5.24. The maximum Gasteiger partial charge on any atom is 0.410 e. The van der Waals surface area contributed by atoms with Crippen molar-refractivity contribution in [3.8, 4) is 0 Å². The highest BCUT2D eigenvalue weighted by atomic mass is 16.6. The molecule has 0 bridgehead atoms. The highest BCUT2D eigenvalue weighted by Gasteiger charge is 2.34. The van der Waals surface area contributed by atoms with Gasteiger partial charge in [-0.05, 0) is 34.1 Å². The van der Waals surface area contributed by atoms with Gasteiger partial charge in [-0.25, -0.2) is 4.79 Å². The molecule has 2 N–H and O–H groups in total. The maximum absolute atomic E-state index is 11.6. The van der Waals surface area contributed by atoms with Crippen LogP contribution in [0.2, 0.25) is 0 Å². The second-order valence-corrected chi connectivity index (χ2v) is 5.31. The Kier molecular flexibility index (Phi) is 2.76. The van der Waals surface area contributed by atoms with Crippen LogP contribution in [0.3, 0.4) is 0 Å². The first-order valence-corrected chi connectivity index (χ1v) is 4.96. The number of nitrogens with zero attached hydrogens (tertiary/aromatic N) is 1. The van der Waals surface area contributed by atoms with Crippen LogP contribution in [-0.4, -0.2) is 35.2 Å². The molecule has 82 valence electrons. The van der Waals surface area contributed by atoms with Gasteiger partial charge in [-0.2, -0.15) is 0 Å². The van der Waals surface area contributed by atoms with E-state index in [9.17, 15) is 4.79 Å². The Morgan fingerprint density at radius 1 is 1.50 bits per heavy atom. The minimum atomic E-state index is -0.426. The summed E-state index contributed by atoms with van der Waals surface area (Å²) in [4.78, 5) is 13.3. The summed E-state index contributed by atoms with van der Waals surface area (Å²) < 4.78 is 5.25. The molecule has 0 aliphatic carbocycles. The molecule has 0 spiro atoms. The van der Waals surface area contributed by atoms with Crippen LogP contribution in [0.1, 0.15) is 34.1 Å². The SMILES string of the molecule is CC(C)(C)OC(=O)N1CC[C@@](C)(N)C1. The number of carbonyl (C=O) groups is 1. The first kappa shape index (κ1) is 11.3. The second kappa shape index (κ2) is 3.42. The van der Waals surface area contributed by atoms with E-state index in [0.29, 0.717) is 13.1 Å². The predicted octanol–water partition coefficient (Wildman–Crippen LogP) is 1.34. The lowest BCUT2D eigenvalue weighted by molar-refractivity contribution is 0.0286. The van der Waals surface area contributed by atoms with Gasteiger partial charge in [-0.3, -0.25) is 0 Å². The predicted molar refractivity (Wildman–Crippen MR) is 55.0 cm³/mol. The van der Waals surface area contributed by atoms with E-state index in [4.69, 9.17) is 10.5 Å². The Hall–Kier alpha value is -0.770. The highest BCUT2D eigenvalue weighted by Crippen LogP contribution is 2.20. The first-order valence-electron chi connectivity index (χ1n) is 4.96. The van der Waals surface area contributed by atoms with Gasteiger partial charge >= 0.3 is 6.09 Å². The van der Waals surface area contributed by atoms with E-state index in [1.54, 1.807) is 4.90 Å². The van der Waals surface area contributed by atoms with Crippen LogP contribution in [0.15, 0.2) is 0 Å². The van der Waals surface area contributed by atoms with Crippen LogP contribution < -0.4 is 5.73 Å². The summed E-state index contributed by atoms with van der Waals surface area (Å²) in [6.45, 7) is 8.83. The van der Waals surface area contributed by atoms with E-state index in [0.717, 1.165) is 6.42 Å². The van der Waals surface area contributed by atoms with E-state index in [1.165, 1.54) is 0 Å². The average Bonchev–Trinajstić information content (AvgIpc) is 2.26. The van der Waals surface area contributed by atoms with Gasteiger partial charge in [0.15, 0.2) is 0 Å². The molecule has 1 atom stereocenters. The van der Waals surface area contributed by atoms with Gasteiger partial charge in [0.05, 0.1) is 0 Å². The van der Waals surface area contributed by atoms with Crippen LogP contribution in [0, 0.1) is 0 Å². The van der Waals surface area contributed by atoms with Crippen molar-refractivity contribution in [2.24, 2.45) is 5.73 Å². The van der Waals surface area contributed by atoms with Gasteiger partial charge in [0.2, 0.25) is 0 Å². The van der Waals surface area contributed by atoms with Crippen LogP contribution in [0.25, 0.3) is 0 Å². The van der Waals surface area contributed by atoms with Crippen molar-refractivity contribution < 1.29 is 9.53 Å². The molecule has 0 saturated carbocycles. The zero-order valence-electron chi connectivity index (χ0n) is 9.46. The molecule has 4 heteroatoms. The van der Waals surface area contributed by atoms with Gasteiger partial charge in [0.25, 0.3) is 0 Å². The van der Waals surface area contributed by atoms with Gasteiger partial charge < -0.3 is 15.4 Å². The summed E-state index contributed by atoms with van der Waals surface area (Å²) in [6.07, 6.45) is 0.582. The third-order valence-corrected chi connectivity index (χ3v) is 2.16. The number of nitrogens with two attached hydrogens (primary N) is 1. The van der Waals surface area contributed by atoms with Crippen molar-refractivity contribution in [2.75, 3.05) is 13.1 Å². The smallest absolute Gasteiger partial charge is 0.410 e. The lowest BCUT2D eigenvalue weighted by Gasteiger charge is -2.25. The van der Waals surface area contributed by atoms with Gasteiger partial charge in [0.1, 0.15) is 5.60 Å². The molecule has 0 aromatic carbocycles. The Balaban J connectivity index is 2.48. The van der Waals surface area contributed by atoms with E-state index >= 15 is 0 Å². The summed E-state index contributed by atoms with van der Waals surface area (Å²) in [5, 5.41) is 0. The molecule has 1 aliphatic rings. The number of amides is 1. The molecule has 4 nitrogen and oxygen atoms in total. The zero-order chi connectivity index (χ0) is 11.0. The van der Waals surface area contributed by atoms with Crippen LogP contribution >= 0.6 is 0 Å². The summed E-state index contributed by atoms with van der Waals surface area (Å²) in [6, 6.07) is 0. The first-order chi connectivity index (χ1) is 6.20. The van der Waals surface area contributed by atoms with Crippen LogP contribution in [0.4, 0.5) is 4.79 Å². The minimum Gasteiger partial charge on any atom is -0.444 e. The van der Waals surface area contributed by atoms with Gasteiger partial charge in [-0.1, -0.05) is 0 Å². The summed E-state index contributed by atoms with van der Waals surface area (Å²) in [5.74, 6) is 0. The van der Waals surface area contributed by atoms with Gasteiger partial charge in [-0.15, -0.1) is 0 Å². The lowest BCUT2D eigenvalue weighted by Crippen LogP contribution is -2.42. The molecule has 1 amide bonds. The summed E-state index contributed by atoms with van der Waals surface area (Å²) >= 11 is 0. The average molecular weight is 200 g/mol. The largest absolute Gasteiger partial charge is 0.444 e. The molecule has 0 aromatic heterocycles. The number of carbonyl (C=O) groups excluding carboxylic acids is 1. The van der Waals surface area contributed by atoms with E-state index < -0.39 is 5.60 Å². The maximum atomic E-state index is 11.6. The van der Waals surface area contributed by atoms with E-state index in [-0.39, 0.29) is 11.6 Å². The zero-order valence-corrected chi connectivity index (χ0v) is 9.46. The highest BCUT2D eigenvalue weighted by molar-refractivity contribution is 5.68. The minimum absolute atomic E-state index is 0.253. The Labute approximate surface area is 85.4 Å².